The van der Waals surface area contributed by atoms with Gasteiger partial charge in [-0.2, -0.15) is 0 Å². The van der Waals surface area contributed by atoms with Crippen molar-refractivity contribution < 1.29 is 13.9 Å². The zero-order valence-corrected chi connectivity index (χ0v) is 11.4. The molecule has 0 aliphatic carbocycles. The van der Waals surface area contributed by atoms with E-state index in [9.17, 15) is 4.39 Å². The molecular formula is C17H17FO2. The monoisotopic (exact) mass is 272 g/mol. The summed E-state index contributed by atoms with van der Waals surface area (Å²) in [5.74, 6) is 0.298. The predicted octanol–water partition coefficient (Wildman–Crippen LogP) is 3.83. The van der Waals surface area contributed by atoms with E-state index in [0.29, 0.717) is 24.5 Å². The maximum Gasteiger partial charge on any atom is 0.129 e. The first-order valence-electron chi connectivity index (χ1n) is 6.82. The summed E-state index contributed by atoms with van der Waals surface area (Å²) in [4.78, 5) is 0. The van der Waals surface area contributed by atoms with E-state index in [1.165, 1.54) is 17.2 Å². The fourth-order valence-electron chi connectivity index (χ4n) is 2.45. The molecule has 0 saturated carbocycles. The van der Waals surface area contributed by atoms with Gasteiger partial charge in [0, 0.05) is 6.07 Å². The second-order valence-corrected chi connectivity index (χ2v) is 5.03. The quantitative estimate of drug-likeness (QED) is 0.845. The average Bonchev–Trinajstić information content (AvgIpc) is 2.48. The number of halogens is 1. The SMILES string of the molecule is Cc1ccc(OCC2OCCc3ccccc32)cc1F. The summed E-state index contributed by atoms with van der Waals surface area (Å²) in [5, 5.41) is 0. The molecule has 1 aliphatic rings. The van der Waals surface area contributed by atoms with Gasteiger partial charge in [-0.25, -0.2) is 4.39 Å². The molecule has 0 N–H and O–H groups in total. The molecule has 2 nitrogen and oxygen atoms in total. The molecule has 3 rings (SSSR count). The van der Waals surface area contributed by atoms with E-state index in [4.69, 9.17) is 9.47 Å². The van der Waals surface area contributed by atoms with Crippen LogP contribution in [0.1, 0.15) is 22.8 Å². The van der Waals surface area contributed by atoms with E-state index in [1.54, 1.807) is 19.1 Å². The fourth-order valence-corrected chi connectivity index (χ4v) is 2.45. The molecule has 0 spiro atoms. The number of hydrogen-bond donors (Lipinski definition) is 0. The van der Waals surface area contributed by atoms with Crippen LogP contribution in [0.2, 0.25) is 0 Å². The molecule has 0 amide bonds. The number of benzene rings is 2. The Hall–Kier alpha value is -1.87. The third-order valence-electron chi connectivity index (χ3n) is 3.64. The standard InChI is InChI=1S/C17H17FO2/c1-12-6-7-14(10-16(12)18)20-11-17-15-5-3-2-4-13(15)8-9-19-17/h2-7,10,17H,8-9,11H2,1H3. The summed E-state index contributed by atoms with van der Waals surface area (Å²) < 4.78 is 24.9. The van der Waals surface area contributed by atoms with Crippen molar-refractivity contribution in [2.45, 2.75) is 19.4 Å². The lowest BCUT2D eigenvalue weighted by atomic mass is 9.98. The van der Waals surface area contributed by atoms with E-state index >= 15 is 0 Å². The molecule has 1 aliphatic heterocycles. The molecule has 0 radical (unpaired) electrons. The van der Waals surface area contributed by atoms with Gasteiger partial charge < -0.3 is 9.47 Å². The molecule has 3 heteroatoms. The van der Waals surface area contributed by atoms with Crippen molar-refractivity contribution in [2.24, 2.45) is 0 Å². The molecule has 2 aromatic carbocycles. The number of aryl methyl sites for hydroxylation is 1. The third kappa shape index (κ3) is 2.68. The Kier molecular flexibility index (Phi) is 3.70. The van der Waals surface area contributed by atoms with Crippen LogP contribution in [0.15, 0.2) is 42.5 Å². The minimum Gasteiger partial charge on any atom is -0.490 e. The molecule has 0 bridgehead atoms. The maximum absolute atomic E-state index is 13.5. The Morgan fingerprint density at radius 3 is 2.95 bits per heavy atom. The van der Waals surface area contributed by atoms with Crippen molar-refractivity contribution in [1.82, 2.24) is 0 Å². The smallest absolute Gasteiger partial charge is 0.129 e. The van der Waals surface area contributed by atoms with Gasteiger partial charge in [0.05, 0.1) is 6.61 Å². The zero-order chi connectivity index (χ0) is 13.9. The van der Waals surface area contributed by atoms with Gasteiger partial charge in [-0.15, -0.1) is 0 Å². The predicted molar refractivity (Wildman–Crippen MR) is 75.5 cm³/mol. The largest absolute Gasteiger partial charge is 0.490 e. The molecule has 0 fully saturated rings. The average molecular weight is 272 g/mol. The lowest BCUT2D eigenvalue weighted by Gasteiger charge is -2.26. The molecule has 1 heterocycles. The third-order valence-corrected chi connectivity index (χ3v) is 3.64. The highest BCUT2D eigenvalue weighted by atomic mass is 19.1. The minimum absolute atomic E-state index is 0.0793. The van der Waals surface area contributed by atoms with Gasteiger partial charge in [-0.1, -0.05) is 30.3 Å². The van der Waals surface area contributed by atoms with Gasteiger partial charge in [0.2, 0.25) is 0 Å². The molecule has 0 saturated heterocycles. The van der Waals surface area contributed by atoms with Gasteiger partial charge in [0.1, 0.15) is 24.3 Å². The summed E-state index contributed by atoms with van der Waals surface area (Å²) in [6, 6.07) is 13.2. The lowest BCUT2D eigenvalue weighted by Crippen LogP contribution is -2.21. The van der Waals surface area contributed by atoms with Crippen LogP contribution in [0.25, 0.3) is 0 Å². The molecule has 1 atom stereocenters. The fraction of sp³-hybridized carbons (Fsp3) is 0.294. The number of rotatable bonds is 3. The summed E-state index contributed by atoms with van der Waals surface area (Å²) in [6.45, 7) is 2.84. The second-order valence-electron chi connectivity index (χ2n) is 5.03. The van der Waals surface area contributed by atoms with Gasteiger partial charge >= 0.3 is 0 Å². The second kappa shape index (κ2) is 5.63. The maximum atomic E-state index is 13.5. The van der Waals surface area contributed by atoms with E-state index < -0.39 is 0 Å². The van der Waals surface area contributed by atoms with Crippen molar-refractivity contribution in [3.63, 3.8) is 0 Å². The van der Waals surface area contributed by atoms with Crippen molar-refractivity contribution in [2.75, 3.05) is 13.2 Å². The van der Waals surface area contributed by atoms with Crippen molar-refractivity contribution in [3.8, 4) is 5.75 Å². The van der Waals surface area contributed by atoms with Gasteiger partial charge in [-0.05, 0) is 36.1 Å². The van der Waals surface area contributed by atoms with E-state index in [1.807, 2.05) is 12.1 Å². The lowest BCUT2D eigenvalue weighted by molar-refractivity contribution is 0.0101. The Labute approximate surface area is 118 Å². The van der Waals surface area contributed by atoms with Crippen molar-refractivity contribution in [1.29, 1.82) is 0 Å². The topological polar surface area (TPSA) is 18.5 Å². The Bertz CT molecular complexity index is 610. The highest BCUT2D eigenvalue weighted by molar-refractivity contribution is 5.32. The summed E-state index contributed by atoms with van der Waals surface area (Å²) in [6.07, 6.45) is 0.857. The van der Waals surface area contributed by atoms with Crippen LogP contribution >= 0.6 is 0 Å². The first-order chi connectivity index (χ1) is 9.74. The Morgan fingerprint density at radius 2 is 2.10 bits per heavy atom. The number of fused-ring (bicyclic) bond motifs is 1. The summed E-state index contributed by atoms with van der Waals surface area (Å²) in [5.41, 5.74) is 3.10. The minimum atomic E-state index is -0.243. The zero-order valence-electron chi connectivity index (χ0n) is 11.4. The van der Waals surface area contributed by atoms with E-state index in [0.717, 1.165) is 6.42 Å². The highest BCUT2D eigenvalue weighted by Gasteiger charge is 2.21. The van der Waals surface area contributed by atoms with Crippen molar-refractivity contribution in [3.05, 3.63) is 65.0 Å². The van der Waals surface area contributed by atoms with Gasteiger partial charge in [-0.3, -0.25) is 0 Å². The molecule has 1 unspecified atom stereocenters. The summed E-state index contributed by atoms with van der Waals surface area (Å²) in [7, 11) is 0. The van der Waals surface area contributed by atoms with Crippen LogP contribution < -0.4 is 4.74 Å². The Morgan fingerprint density at radius 1 is 1.25 bits per heavy atom. The highest BCUT2D eigenvalue weighted by Crippen LogP contribution is 2.28. The van der Waals surface area contributed by atoms with Gasteiger partial charge in [0.25, 0.3) is 0 Å². The van der Waals surface area contributed by atoms with Gasteiger partial charge in [0.15, 0.2) is 0 Å². The van der Waals surface area contributed by atoms with Crippen LogP contribution in [0.4, 0.5) is 4.39 Å². The molecule has 0 aromatic heterocycles. The van der Waals surface area contributed by atoms with Crippen molar-refractivity contribution >= 4 is 0 Å². The van der Waals surface area contributed by atoms with Crippen LogP contribution in [-0.4, -0.2) is 13.2 Å². The molecule has 20 heavy (non-hydrogen) atoms. The number of ether oxygens (including phenoxy) is 2. The first kappa shape index (κ1) is 13.1. The Balaban J connectivity index is 1.71. The molecule has 104 valence electrons. The van der Waals surface area contributed by atoms with E-state index in [-0.39, 0.29) is 11.9 Å². The molecular weight excluding hydrogens is 255 g/mol. The van der Waals surface area contributed by atoms with Crippen LogP contribution in [0.5, 0.6) is 5.75 Å². The van der Waals surface area contributed by atoms with Crippen LogP contribution in [0.3, 0.4) is 0 Å². The number of hydrogen-bond acceptors (Lipinski definition) is 2. The first-order valence-corrected chi connectivity index (χ1v) is 6.82. The summed E-state index contributed by atoms with van der Waals surface area (Å²) >= 11 is 0. The normalized spacial score (nSPS) is 17.6. The van der Waals surface area contributed by atoms with E-state index in [2.05, 4.69) is 12.1 Å². The molecule has 2 aromatic rings. The van der Waals surface area contributed by atoms with Crippen LogP contribution in [-0.2, 0) is 11.2 Å². The van der Waals surface area contributed by atoms with Crippen LogP contribution in [0, 0.1) is 12.7 Å².